The number of ether oxygens (including phenoxy) is 1. The van der Waals surface area contributed by atoms with Crippen LogP contribution in [0.15, 0.2) is 53.4 Å². The highest BCUT2D eigenvalue weighted by Gasteiger charge is 2.17. The quantitative estimate of drug-likeness (QED) is 0.475. The summed E-state index contributed by atoms with van der Waals surface area (Å²) in [6.45, 7) is 2.16. The van der Waals surface area contributed by atoms with Crippen LogP contribution in [0.4, 0.5) is 5.69 Å². The summed E-state index contributed by atoms with van der Waals surface area (Å²) in [7, 11) is -3.81. The fourth-order valence-electron chi connectivity index (χ4n) is 1.83. The standard InChI is InChI=1S/C15H16N2O5S/c1-12-5-7-14(8-6-12)22-10-9-16-23(20,21)15-4-2-3-13(11-15)17(18)19/h2-8,11,16H,9-10H2,1H3. The van der Waals surface area contributed by atoms with Crippen LogP contribution in [-0.2, 0) is 10.0 Å². The summed E-state index contributed by atoms with van der Waals surface area (Å²) < 4.78 is 31.9. The zero-order chi connectivity index (χ0) is 16.9. The summed E-state index contributed by atoms with van der Waals surface area (Å²) in [5, 5.41) is 10.7. The van der Waals surface area contributed by atoms with E-state index in [1.165, 1.54) is 18.2 Å². The number of hydrogen-bond acceptors (Lipinski definition) is 5. The molecule has 0 unspecified atom stereocenters. The second-order valence-electron chi connectivity index (χ2n) is 4.81. The van der Waals surface area contributed by atoms with Crippen LogP contribution in [0.5, 0.6) is 5.75 Å². The van der Waals surface area contributed by atoms with E-state index in [1.54, 1.807) is 12.1 Å². The lowest BCUT2D eigenvalue weighted by Crippen LogP contribution is -2.28. The molecule has 1 N–H and O–H groups in total. The van der Waals surface area contributed by atoms with Crippen molar-refractivity contribution in [1.82, 2.24) is 4.72 Å². The van der Waals surface area contributed by atoms with E-state index in [0.717, 1.165) is 11.6 Å². The Hall–Kier alpha value is -2.45. The first-order valence-electron chi connectivity index (χ1n) is 6.82. The molecule has 0 radical (unpaired) electrons. The van der Waals surface area contributed by atoms with Gasteiger partial charge in [0.1, 0.15) is 12.4 Å². The molecule has 2 rings (SSSR count). The Morgan fingerprint density at radius 2 is 1.87 bits per heavy atom. The van der Waals surface area contributed by atoms with Gasteiger partial charge in [-0.3, -0.25) is 10.1 Å². The summed E-state index contributed by atoms with van der Waals surface area (Å²) in [4.78, 5) is 9.90. The minimum absolute atomic E-state index is 0.0545. The molecule has 0 amide bonds. The molecule has 2 aromatic rings. The molecule has 8 heteroatoms. The highest BCUT2D eigenvalue weighted by molar-refractivity contribution is 7.89. The fourth-order valence-corrected chi connectivity index (χ4v) is 2.88. The number of hydrogen-bond donors (Lipinski definition) is 1. The summed E-state index contributed by atoms with van der Waals surface area (Å²) in [5.74, 6) is 0.644. The van der Waals surface area contributed by atoms with Gasteiger partial charge in [0.2, 0.25) is 10.0 Å². The van der Waals surface area contributed by atoms with Gasteiger partial charge in [0, 0.05) is 18.7 Å². The van der Waals surface area contributed by atoms with E-state index in [9.17, 15) is 18.5 Å². The van der Waals surface area contributed by atoms with E-state index in [1.807, 2.05) is 19.1 Å². The SMILES string of the molecule is Cc1ccc(OCCNS(=O)(=O)c2cccc([N+](=O)[O-])c2)cc1. The number of aryl methyl sites for hydroxylation is 1. The smallest absolute Gasteiger partial charge is 0.270 e. The summed E-state index contributed by atoms with van der Waals surface area (Å²) in [6, 6.07) is 12.3. The van der Waals surface area contributed by atoms with Gasteiger partial charge in [0.05, 0.1) is 9.82 Å². The van der Waals surface area contributed by atoms with E-state index in [2.05, 4.69) is 4.72 Å². The minimum atomic E-state index is -3.81. The largest absolute Gasteiger partial charge is 0.492 e. The first kappa shape index (κ1) is 16.9. The Balaban J connectivity index is 1.92. The van der Waals surface area contributed by atoms with Gasteiger partial charge in [-0.25, -0.2) is 13.1 Å². The van der Waals surface area contributed by atoms with Gasteiger partial charge in [-0.05, 0) is 25.1 Å². The number of nitro groups is 1. The van der Waals surface area contributed by atoms with Crippen LogP contribution in [-0.4, -0.2) is 26.5 Å². The molecule has 0 fully saturated rings. The third kappa shape index (κ3) is 4.76. The zero-order valence-corrected chi connectivity index (χ0v) is 13.2. The van der Waals surface area contributed by atoms with Crippen molar-refractivity contribution in [2.75, 3.05) is 13.2 Å². The second kappa shape index (κ2) is 7.21. The molecule has 0 atom stereocenters. The van der Waals surface area contributed by atoms with Crippen molar-refractivity contribution in [1.29, 1.82) is 0 Å². The molecule has 23 heavy (non-hydrogen) atoms. The highest BCUT2D eigenvalue weighted by atomic mass is 32.2. The van der Waals surface area contributed by atoms with Crippen LogP contribution in [0, 0.1) is 17.0 Å². The lowest BCUT2D eigenvalue weighted by Gasteiger charge is -2.08. The van der Waals surface area contributed by atoms with Gasteiger partial charge in [-0.1, -0.05) is 23.8 Å². The monoisotopic (exact) mass is 336 g/mol. The number of nitrogens with one attached hydrogen (secondary N) is 1. The van der Waals surface area contributed by atoms with Gasteiger partial charge >= 0.3 is 0 Å². The lowest BCUT2D eigenvalue weighted by molar-refractivity contribution is -0.385. The molecule has 122 valence electrons. The number of sulfonamides is 1. The van der Waals surface area contributed by atoms with Crippen LogP contribution in [0.3, 0.4) is 0 Å². The summed E-state index contributed by atoms with van der Waals surface area (Å²) >= 11 is 0. The molecule has 7 nitrogen and oxygen atoms in total. The number of rotatable bonds is 7. The molecule has 0 saturated heterocycles. The fraction of sp³-hybridized carbons (Fsp3) is 0.200. The Labute approximate surface area is 134 Å². The maximum atomic E-state index is 12.1. The maximum Gasteiger partial charge on any atom is 0.270 e. The summed E-state index contributed by atoms with van der Waals surface area (Å²) in [6.07, 6.45) is 0. The third-order valence-corrected chi connectivity index (χ3v) is 4.48. The van der Waals surface area contributed by atoms with Crippen molar-refractivity contribution in [3.05, 3.63) is 64.2 Å². The molecule has 0 aliphatic carbocycles. The zero-order valence-electron chi connectivity index (χ0n) is 12.4. The van der Waals surface area contributed by atoms with Crippen LogP contribution in [0.1, 0.15) is 5.56 Å². The highest BCUT2D eigenvalue weighted by Crippen LogP contribution is 2.17. The maximum absolute atomic E-state index is 12.1. The molecule has 0 aliphatic heterocycles. The average Bonchev–Trinajstić information content (AvgIpc) is 2.53. The molecule has 0 heterocycles. The molecule has 0 aliphatic rings. The van der Waals surface area contributed by atoms with Crippen molar-refractivity contribution in [3.8, 4) is 5.75 Å². The molecule has 0 bridgehead atoms. The molecule has 0 spiro atoms. The average molecular weight is 336 g/mol. The van der Waals surface area contributed by atoms with Crippen molar-refractivity contribution < 1.29 is 18.1 Å². The van der Waals surface area contributed by atoms with E-state index in [0.29, 0.717) is 5.75 Å². The predicted molar refractivity (Wildman–Crippen MR) is 85.0 cm³/mol. The van der Waals surface area contributed by atoms with E-state index in [-0.39, 0.29) is 23.7 Å². The van der Waals surface area contributed by atoms with Crippen LogP contribution in [0.25, 0.3) is 0 Å². The van der Waals surface area contributed by atoms with Gasteiger partial charge in [-0.2, -0.15) is 0 Å². The van der Waals surface area contributed by atoms with Gasteiger partial charge < -0.3 is 4.74 Å². The summed E-state index contributed by atoms with van der Waals surface area (Å²) in [5.41, 5.74) is 0.826. The van der Waals surface area contributed by atoms with Gasteiger partial charge in [-0.15, -0.1) is 0 Å². The number of benzene rings is 2. The Morgan fingerprint density at radius 1 is 1.17 bits per heavy atom. The topological polar surface area (TPSA) is 98.5 Å². The van der Waals surface area contributed by atoms with Crippen LogP contribution < -0.4 is 9.46 Å². The van der Waals surface area contributed by atoms with Crippen LogP contribution in [0.2, 0.25) is 0 Å². The molecule has 0 aromatic heterocycles. The van der Waals surface area contributed by atoms with Gasteiger partial charge in [0.15, 0.2) is 0 Å². The Bertz CT molecular complexity index is 788. The molecule has 2 aromatic carbocycles. The predicted octanol–water partition coefficient (Wildman–Crippen LogP) is 2.26. The second-order valence-corrected chi connectivity index (χ2v) is 6.58. The van der Waals surface area contributed by atoms with E-state index >= 15 is 0 Å². The van der Waals surface area contributed by atoms with E-state index < -0.39 is 14.9 Å². The Morgan fingerprint density at radius 3 is 2.52 bits per heavy atom. The van der Waals surface area contributed by atoms with Gasteiger partial charge in [0.25, 0.3) is 5.69 Å². The van der Waals surface area contributed by atoms with Crippen LogP contribution >= 0.6 is 0 Å². The normalized spacial score (nSPS) is 11.2. The first-order chi connectivity index (χ1) is 10.9. The molecular weight excluding hydrogens is 320 g/mol. The first-order valence-corrected chi connectivity index (χ1v) is 8.30. The molecule has 0 saturated carbocycles. The third-order valence-electron chi connectivity index (χ3n) is 3.02. The molecular formula is C15H16N2O5S. The van der Waals surface area contributed by atoms with Crippen molar-refractivity contribution >= 4 is 15.7 Å². The van der Waals surface area contributed by atoms with E-state index in [4.69, 9.17) is 4.74 Å². The minimum Gasteiger partial charge on any atom is -0.492 e. The number of nitro benzene ring substituents is 1. The number of nitrogens with zero attached hydrogens (tertiary/aromatic N) is 1. The van der Waals surface area contributed by atoms with Crippen molar-refractivity contribution in [3.63, 3.8) is 0 Å². The number of non-ortho nitro benzene ring substituents is 1. The van der Waals surface area contributed by atoms with Crippen molar-refractivity contribution in [2.45, 2.75) is 11.8 Å². The van der Waals surface area contributed by atoms with Crippen molar-refractivity contribution in [2.24, 2.45) is 0 Å². The Kier molecular flexibility index (Phi) is 5.30. The lowest BCUT2D eigenvalue weighted by atomic mass is 10.2.